The monoisotopic (exact) mass is 268 g/mol. The summed E-state index contributed by atoms with van der Waals surface area (Å²) in [6.45, 7) is -0.348. The van der Waals surface area contributed by atoms with Crippen molar-refractivity contribution in [3.8, 4) is 0 Å². The first-order valence-corrected chi connectivity index (χ1v) is 6.43. The molecule has 0 unspecified atom stereocenters. The van der Waals surface area contributed by atoms with Gasteiger partial charge in [-0.15, -0.1) is 0 Å². The highest BCUT2D eigenvalue weighted by Crippen LogP contribution is 2.33. The molecule has 106 valence electrons. The Morgan fingerprint density at radius 3 is 1.79 bits per heavy atom. The SMILES string of the molecule is OC[C@H]1[C@H](O)[C@H](O)[C@H](O)[C@H](O)[C@@H]1Cc1ccccc1. The summed E-state index contributed by atoms with van der Waals surface area (Å²) in [5.41, 5.74) is 0.945. The summed E-state index contributed by atoms with van der Waals surface area (Å²) >= 11 is 0. The third kappa shape index (κ3) is 2.80. The molecule has 1 saturated carbocycles. The smallest absolute Gasteiger partial charge is 0.109 e. The summed E-state index contributed by atoms with van der Waals surface area (Å²) in [5.74, 6) is -1.16. The van der Waals surface area contributed by atoms with E-state index in [0.29, 0.717) is 6.42 Å². The van der Waals surface area contributed by atoms with Gasteiger partial charge >= 0.3 is 0 Å². The molecule has 0 aromatic heterocycles. The molecule has 0 spiro atoms. The van der Waals surface area contributed by atoms with Crippen LogP contribution in [-0.4, -0.2) is 56.6 Å². The van der Waals surface area contributed by atoms with Gasteiger partial charge in [-0.1, -0.05) is 30.3 Å². The molecule has 0 heterocycles. The minimum absolute atomic E-state index is 0.348. The standard InChI is InChI=1S/C14H20O5/c15-7-10-9(6-8-4-2-1-3-5-8)11(16)13(18)14(19)12(10)17/h1-5,9-19H,6-7H2/t9-,10-,11-,12+,13-,14+/m1/s1. The number of aliphatic hydroxyl groups is 5. The third-order valence-electron chi connectivity index (χ3n) is 4.00. The van der Waals surface area contributed by atoms with Gasteiger partial charge in [0.25, 0.3) is 0 Å². The Bertz CT molecular complexity index is 396. The highest BCUT2D eigenvalue weighted by molar-refractivity contribution is 5.16. The summed E-state index contributed by atoms with van der Waals surface area (Å²) in [6, 6.07) is 9.36. The molecule has 0 saturated heterocycles. The van der Waals surface area contributed by atoms with Gasteiger partial charge in [-0.25, -0.2) is 0 Å². The zero-order chi connectivity index (χ0) is 14.0. The number of hydrogen-bond donors (Lipinski definition) is 5. The second-order valence-corrected chi connectivity index (χ2v) is 5.16. The zero-order valence-corrected chi connectivity index (χ0v) is 10.5. The first kappa shape index (κ1) is 14.4. The van der Waals surface area contributed by atoms with Gasteiger partial charge in [-0.05, 0) is 17.9 Å². The van der Waals surface area contributed by atoms with Gasteiger partial charge in [0.1, 0.15) is 12.2 Å². The molecule has 1 fully saturated rings. The lowest BCUT2D eigenvalue weighted by atomic mass is 9.70. The van der Waals surface area contributed by atoms with Crippen molar-refractivity contribution in [2.24, 2.45) is 11.8 Å². The summed E-state index contributed by atoms with van der Waals surface area (Å²) in [5, 5.41) is 48.7. The third-order valence-corrected chi connectivity index (χ3v) is 4.00. The van der Waals surface area contributed by atoms with Crippen molar-refractivity contribution in [2.75, 3.05) is 6.61 Å². The van der Waals surface area contributed by atoms with Gasteiger partial charge in [0.2, 0.25) is 0 Å². The maximum atomic E-state index is 10.1. The predicted octanol–water partition coefficient (Wildman–Crippen LogP) is -1.09. The molecule has 5 heteroatoms. The molecule has 19 heavy (non-hydrogen) atoms. The Kier molecular flexibility index (Phi) is 4.54. The van der Waals surface area contributed by atoms with E-state index >= 15 is 0 Å². The fraction of sp³-hybridized carbons (Fsp3) is 0.571. The van der Waals surface area contributed by atoms with Crippen molar-refractivity contribution < 1.29 is 25.5 Å². The van der Waals surface area contributed by atoms with Crippen LogP contribution >= 0.6 is 0 Å². The lowest BCUT2D eigenvalue weighted by Gasteiger charge is -2.43. The van der Waals surface area contributed by atoms with Crippen molar-refractivity contribution in [1.29, 1.82) is 0 Å². The Hall–Kier alpha value is -0.980. The predicted molar refractivity (Wildman–Crippen MR) is 68.2 cm³/mol. The number of rotatable bonds is 3. The van der Waals surface area contributed by atoms with E-state index in [0.717, 1.165) is 5.56 Å². The Morgan fingerprint density at radius 2 is 1.26 bits per heavy atom. The number of benzene rings is 1. The maximum absolute atomic E-state index is 10.1. The number of aliphatic hydroxyl groups excluding tert-OH is 5. The molecule has 1 aliphatic carbocycles. The van der Waals surface area contributed by atoms with Crippen molar-refractivity contribution in [3.05, 3.63) is 35.9 Å². The van der Waals surface area contributed by atoms with Crippen molar-refractivity contribution in [3.63, 3.8) is 0 Å². The van der Waals surface area contributed by atoms with Gasteiger partial charge in [-0.2, -0.15) is 0 Å². The van der Waals surface area contributed by atoms with Crippen LogP contribution in [0.5, 0.6) is 0 Å². The quantitative estimate of drug-likeness (QED) is 0.479. The normalized spacial score (nSPS) is 39.2. The van der Waals surface area contributed by atoms with Crippen LogP contribution in [0.2, 0.25) is 0 Å². The Balaban J connectivity index is 2.20. The van der Waals surface area contributed by atoms with E-state index in [4.69, 9.17) is 0 Å². The van der Waals surface area contributed by atoms with Crippen LogP contribution in [0.1, 0.15) is 5.56 Å². The van der Waals surface area contributed by atoms with E-state index < -0.39 is 36.3 Å². The second kappa shape index (κ2) is 5.98. The number of hydrogen-bond acceptors (Lipinski definition) is 5. The molecule has 6 atom stereocenters. The minimum Gasteiger partial charge on any atom is -0.396 e. The van der Waals surface area contributed by atoms with Gasteiger partial charge < -0.3 is 25.5 Å². The van der Waals surface area contributed by atoms with Crippen LogP contribution < -0.4 is 0 Å². The van der Waals surface area contributed by atoms with Crippen LogP contribution in [-0.2, 0) is 6.42 Å². The van der Waals surface area contributed by atoms with Gasteiger partial charge in [-0.3, -0.25) is 0 Å². The van der Waals surface area contributed by atoms with Crippen molar-refractivity contribution in [2.45, 2.75) is 30.8 Å². The zero-order valence-electron chi connectivity index (χ0n) is 10.5. The molecule has 0 aliphatic heterocycles. The first-order chi connectivity index (χ1) is 9.06. The molecule has 0 radical (unpaired) electrons. The highest BCUT2D eigenvalue weighted by atomic mass is 16.4. The maximum Gasteiger partial charge on any atom is 0.109 e. The minimum atomic E-state index is -1.43. The van der Waals surface area contributed by atoms with Crippen LogP contribution in [0, 0.1) is 11.8 Å². The molecule has 1 aromatic carbocycles. The van der Waals surface area contributed by atoms with Gasteiger partial charge in [0, 0.05) is 12.5 Å². The Morgan fingerprint density at radius 1 is 0.737 bits per heavy atom. The van der Waals surface area contributed by atoms with E-state index in [2.05, 4.69) is 0 Å². The molecule has 5 nitrogen and oxygen atoms in total. The summed E-state index contributed by atoms with van der Waals surface area (Å²) in [7, 11) is 0. The van der Waals surface area contributed by atoms with Crippen LogP contribution in [0.15, 0.2) is 30.3 Å². The largest absolute Gasteiger partial charge is 0.396 e. The van der Waals surface area contributed by atoms with E-state index in [1.54, 1.807) is 0 Å². The first-order valence-electron chi connectivity index (χ1n) is 6.43. The summed E-state index contributed by atoms with van der Waals surface area (Å²) in [6.07, 6.45) is -4.81. The molecule has 1 aliphatic rings. The van der Waals surface area contributed by atoms with E-state index in [1.807, 2.05) is 30.3 Å². The second-order valence-electron chi connectivity index (χ2n) is 5.16. The topological polar surface area (TPSA) is 101 Å². The lowest BCUT2D eigenvalue weighted by Crippen LogP contribution is -2.59. The van der Waals surface area contributed by atoms with E-state index in [-0.39, 0.29) is 6.61 Å². The average Bonchev–Trinajstić information content (AvgIpc) is 2.44. The van der Waals surface area contributed by atoms with E-state index in [1.165, 1.54) is 0 Å². The fourth-order valence-corrected chi connectivity index (χ4v) is 2.82. The molecular weight excluding hydrogens is 248 g/mol. The molecule has 1 aromatic rings. The van der Waals surface area contributed by atoms with Crippen LogP contribution in [0.4, 0.5) is 0 Å². The molecule has 0 amide bonds. The highest BCUT2D eigenvalue weighted by Gasteiger charge is 2.48. The van der Waals surface area contributed by atoms with Gasteiger partial charge in [0.15, 0.2) is 0 Å². The van der Waals surface area contributed by atoms with Gasteiger partial charge in [0.05, 0.1) is 12.2 Å². The van der Waals surface area contributed by atoms with Crippen molar-refractivity contribution >= 4 is 0 Å². The molecule has 0 bridgehead atoms. The lowest BCUT2D eigenvalue weighted by molar-refractivity contribution is -0.189. The molecule has 2 rings (SSSR count). The fourth-order valence-electron chi connectivity index (χ4n) is 2.82. The van der Waals surface area contributed by atoms with Crippen LogP contribution in [0.3, 0.4) is 0 Å². The Labute approximate surface area is 111 Å². The van der Waals surface area contributed by atoms with E-state index in [9.17, 15) is 25.5 Å². The summed E-state index contributed by atoms with van der Waals surface area (Å²) in [4.78, 5) is 0. The van der Waals surface area contributed by atoms with Crippen molar-refractivity contribution in [1.82, 2.24) is 0 Å². The average molecular weight is 268 g/mol. The summed E-state index contributed by atoms with van der Waals surface area (Å²) < 4.78 is 0. The van der Waals surface area contributed by atoms with Crippen LogP contribution in [0.25, 0.3) is 0 Å². The molecular formula is C14H20O5. The molecule has 5 N–H and O–H groups in total.